The van der Waals surface area contributed by atoms with Crippen LogP contribution in [0.2, 0.25) is 0 Å². The Balaban J connectivity index is 1.69. The Morgan fingerprint density at radius 3 is 2.57 bits per heavy atom. The van der Waals surface area contributed by atoms with Gasteiger partial charge in [0.1, 0.15) is 12.4 Å². The van der Waals surface area contributed by atoms with Crippen molar-refractivity contribution in [3.63, 3.8) is 0 Å². The number of aliphatic carboxylic acids is 1. The first-order valence-electron chi connectivity index (χ1n) is 12.3. The minimum atomic E-state index is -0.988. The molecule has 0 bridgehead atoms. The highest BCUT2D eigenvalue weighted by atomic mass is 19.1. The Hall–Kier alpha value is -3.52. The summed E-state index contributed by atoms with van der Waals surface area (Å²) in [7, 11) is 3.16. The van der Waals surface area contributed by atoms with E-state index in [1.54, 1.807) is 25.3 Å². The lowest BCUT2D eigenvalue weighted by molar-refractivity contribution is -0.136. The molecule has 4 rings (SSSR count). The third-order valence-corrected chi connectivity index (χ3v) is 7.01. The van der Waals surface area contributed by atoms with Crippen LogP contribution < -0.4 is 9.47 Å². The summed E-state index contributed by atoms with van der Waals surface area (Å²) in [5.41, 5.74) is 2.90. The molecule has 37 heavy (non-hydrogen) atoms. The number of aromatic nitrogens is 1. The molecule has 1 N–H and O–H groups in total. The molecule has 1 heterocycles. The summed E-state index contributed by atoms with van der Waals surface area (Å²) in [6.07, 6.45) is 4.97. The Bertz CT molecular complexity index is 1260. The number of nitrogens with zero attached hydrogens (tertiary/aromatic N) is 1. The van der Waals surface area contributed by atoms with Crippen molar-refractivity contribution >= 4 is 5.97 Å². The van der Waals surface area contributed by atoms with Gasteiger partial charge in [0, 0.05) is 30.6 Å². The van der Waals surface area contributed by atoms with E-state index in [4.69, 9.17) is 19.3 Å². The summed E-state index contributed by atoms with van der Waals surface area (Å²) < 4.78 is 46.6. The molecular formula is C29H31F2NO5. The smallest absolute Gasteiger partial charge is 0.303 e. The first-order valence-corrected chi connectivity index (χ1v) is 12.3. The van der Waals surface area contributed by atoms with Crippen molar-refractivity contribution in [2.75, 3.05) is 20.8 Å². The molecule has 196 valence electrons. The van der Waals surface area contributed by atoms with Crippen molar-refractivity contribution in [3.05, 3.63) is 77.0 Å². The predicted molar refractivity (Wildman–Crippen MR) is 135 cm³/mol. The zero-order chi connectivity index (χ0) is 26.4. The first-order chi connectivity index (χ1) is 17.9. The molecule has 0 saturated heterocycles. The lowest BCUT2D eigenvalue weighted by Gasteiger charge is -2.32. The maximum Gasteiger partial charge on any atom is 0.303 e. The molecule has 1 saturated carbocycles. The minimum absolute atomic E-state index is 0.0610. The molecule has 0 unspecified atom stereocenters. The fraction of sp³-hybridized carbons (Fsp3) is 0.379. The number of benzene rings is 2. The van der Waals surface area contributed by atoms with Gasteiger partial charge in [0.2, 0.25) is 5.88 Å². The van der Waals surface area contributed by atoms with Gasteiger partial charge in [-0.2, -0.15) is 0 Å². The summed E-state index contributed by atoms with van der Waals surface area (Å²) in [5, 5.41) is 8.92. The van der Waals surface area contributed by atoms with Gasteiger partial charge in [0.25, 0.3) is 0 Å². The van der Waals surface area contributed by atoms with Gasteiger partial charge in [-0.3, -0.25) is 4.79 Å². The molecule has 0 atom stereocenters. The number of ether oxygens (including phenoxy) is 3. The second kappa shape index (κ2) is 11.7. The fourth-order valence-electron chi connectivity index (χ4n) is 5.18. The van der Waals surface area contributed by atoms with Crippen LogP contribution >= 0.6 is 0 Å². The number of aryl methyl sites for hydroxylation is 1. The molecule has 8 heteroatoms. The summed E-state index contributed by atoms with van der Waals surface area (Å²) in [5.74, 6) is -1.61. The maximum absolute atomic E-state index is 15.0. The van der Waals surface area contributed by atoms with Crippen LogP contribution in [0.1, 0.15) is 48.8 Å². The van der Waals surface area contributed by atoms with Crippen LogP contribution in [0.15, 0.2) is 48.7 Å². The highest BCUT2D eigenvalue weighted by Crippen LogP contribution is 2.46. The largest absolute Gasteiger partial charge is 0.486 e. The fourth-order valence-corrected chi connectivity index (χ4v) is 5.18. The monoisotopic (exact) mass is 511 g/mol. The van der Waals surface area contributed by atoms with Gasteiger partial charge in [-0.05, 0) is 47.6 Å². The second-order valence-electron chi connectivity index (χ2n) is 9.42. The first kappa shape index (κ1) is 26.5. The summed E-state index contributed by atoms with van der Waals surface area (Å²) in [6.45, 7) is 0.589. The Labute approximate surface area is 215 Å². The SMILES string of the molecule is COCC1(c2cc(COc3cccc(CCC(=O)O)c3F)ccc2-c2cc(OC)ncc2F)CCCC1. The van der Waals surface area contributed by atoms with E-state index >= 15 is 0 Å². The normalized spacial score (nSPS) is 14.5. The van der Waals surface area contributed by atoms with Crippen molar-refractivity contribution in [2.45, 2.75) is 50.5 Å². The molecule has 1 aliphatic carbocycles. The number of rotatable bonds is 11. The van der Waals surface area contributed by atoms with Crippen LogP contribution in [0, 0.1) is 11.6 Å². The number of pyridine rings is 1. The third kappa shape index (κ3) is 5.91. The van der Waals surface area contributed by atoms with Gasteiger partial charge in [-0.15, -0.1) is 0 Å². The summed E-state index contributed by atoms with van der Waals surface area (Å²) >= 11 is 0. The van der Waals surface area contributed by atoms with Crippen molar-refractivity contribution in [3.8, 4) is 22.8 Å². The van der Waals surface area contributed by atoms with Gasteiger partial charge < -0.3 is 19.3 Å². The average Bonchev–Trinajstić information content (AvgIpc) is 3.37. The highest BCUT2D eigenvalue weighted by molar-refractivity contribution is 5.71. The van der Waals surface area contributed by atoms with Gasteiger partial charge in [-0.25, -0.2) is 13.8 Å². The van der Waals surface area contributed by atoms with Crippen LogP contribution in [-0.2, 0) is 28.0 Å². The zero-order valence-corrected chi connectivity index (χ0v) is 21.1. The lowest BCUT2D eigenvalue weighted by atomic mass is 9.75. The number of halogens is 2. The van der Waals surface area contributed by atoms with Crippen molar-refractivity contribution < 1.29 is 32.9 Å². The number of carboxylic acids is 1. The molecule has 1 aliphatic rings. The number of carboxylic acid groups (broad SMARTS) is 1. The molecule has 0 spiro atoms. The van der Waals surface area contributed by atoms with Crippen LogP contribution in [0.4, 0.5) is 8.78 Å². The maximum atomic E-state index is 15.0. The van der Waals surface area contributed by atoms with Gasteiger partial charge >= 0.3 is 5.97 Å². The Kier molecular flexibility index (Phi) is 8.38. The van der Waals surface area contributed by atoms with E-state index in [2.05, 4.69) is 4.98 Å². The van der Waals surface area contributed by atoms with Gasteiger partial charge in [-0.1, -0.05) is 43.2 Å². The van der Waals surface area contributed by atoms with E-state index < -0.39 is 17.6 Å². The summed E-state index contributed by atoms with van der Waals surface area (Å²) in [4.78, 5) is 14.9. The number of carbonyl (C=O) groups is 1. The topological polar surface area (TPSA) is 77.9 Å². The number of hydrogen-bond donors (Lipinski definition) is 1. The van der Waals surface area contributed by atoms with E-state index in [1.807, 2.05) is 18.2 Å². The minimum Gasteiger partial charge on any atom is -0.486 e. The molecule has 0 amide bonds. The zero-order valence-electron chi connectivity index (χ0n) is 21.1. The molecule has 2 aromatic carbocycles. The van der Waals surface area contributed by atoms with Crippen LogP contribution in [0.3, 0.4) is 0 Å². The van der Waals surface area contributed by atoms with E-state index in [0.29, 0.717) is 23.6 Å². The van der Waals surface area contributed by atoms with E-state index in [9.17, 15) is 13.6 Å². The Morgan fingerprint density at radius 1 is 1.08 bits per heavy atom. The molecule has 6 nitrogen and oxygen atoms in total. The molecule has 1 aromatic heterocycles. The molecule has 1 fully saturated rings. The Morgan fingerprint density at radius 2 is 1.86 bits per heavy atom. The lowest BCUT2D eigenvalue weighted by Crippen LogP contribution is -2.29. The van der Waals surface area contributed by atoms with Crippen LogP contribution in [0.25, 0.3) is 11.1 Å². The van der Waals surface area contributed by atoms with E-state index in [-0.39, 0.29) is 30.6 Å². The predicted octanol–water partition coefficient (Wildman–Crippen LogP) is 6.09. The average molecular weight is 512 g/mol. The van der Waals surface area contributed by atoms with Crippen molar-refractivity contribution in [1.82, 2.24) is 4.98 Å². The second-order valence-corrected chi connectivity index (χ2v) is 9.42. The number of methoxy groups -OCH3 is 2. The third-order valence-electron chi connectivity index (χ3n) is 7.01. The summed E-state index contributed by atoms with van der Waals surface area (Å²) in [6, 6.07) is 12.0. The standard InChI is InChI=1S/C29H31F2NO5/c1-35-18-29(12-3-4-13-29)23-14-19(8-10-21(23)22-15-26(36-2)32-16-24(22)30)17-37-25-7-5-6-20(28(25)31)9-11-27(33)34/h5-8,10,14-16H,3-4,9,11-13,17-18H2,1-2H3,(H,33,34). The van der Waals surface area contributed by atoms with E-state index in [1.165, 1.54) is 13.2 Å². The van der Waals surface area contributed by atoms with Gasteiger partial charge in [0.15, 0.2) is 11.6 Å². The highest BCUT2D eigenvalue weighted by Gasteiger charge is 2.38. The van der Waals surface area contributed by atoms with Crippen molar-refractivity contribution in [1.29, 1.82) is 0 Å². The van der Waals surface area contributed by atoms with Crippen molar-refractivity contribution in [2.24, 2.45) is 0 Å². The molecule has 0 radical (unpaired) electrons. The van der Waals surface area contributed by atoms with Crippen LogP contribution in [-0.4, -0.2) is 36.9 Å². The van der Waals surface area contributed by atoms with E-state index in [0.717, 1.165) is 48.6 Å². The van der Waals surface area contributed by atoms with Crippen LogP contribution in [0.5, 0.6) is 11.6 Å². The quantitative estimate of drug-likeness (QED) is 0.336. The molecular weight excluding hydrogens is 480 g/mol. The molecule has 0 aliphatic heterocycles. The molecule has 3 aromatic rings. The number of hydrogen-bond acceptors (Lipinski definition) is 5. The van der Waals surface area contributed by atoms with Gasteiger partial charge in [0.05, 0.1) is 19.9 Å².